The fraction of sp³-hybridized carbons (Fsp3) is 0.550. The first-order valence-corrected chi connectivity index (χ1v) is 9.39. The van der Waals surface area contributed by atoms with Crippen LogP contribution in [0, 0.1) is 0 Å². The van der Waals surface area contributed by atoms with Gasteiger partial charge in [0.25, 0.3) is 0 Å². The third-order valence-corrected chi connectivity index (χ3v) is 5.49. The molecule has 3 heterocycles. The molecule has 1 saturated heterocycles. The number of nitrogens with zero attached hydrogens (tertiary/aromatic N) is 4. The average molecular weight is 340 g/mol. The number of ether oxygens (including phenoxy) is 1. The zero-order valence-corrected chi connectivity index (χ0v) is 15.3. The minimum absolute atomic E-state index is 0.398. The molecule has 0 spiro atoms. The summed E-state index contributed by atoms with van der Waals surface area (Å²) in [5.41, 5.74) is 5.33. The lowest BCUT2D eigenvalue weighted by Crippen LogP contribution is -2.39. The predicted octanol–water partition coefficient (Wildman–Crippen LogP) is 2.83. The zero-order chi connectivity index (χ0) is 17.2. The van der Waals surface area contributed by atoms with Gasteiger partial charge < -0.3 is 14.2 Å². The number of morpholine rings is 1. The summed E-state index contributed by atoms with van der Waals surface area (Å²) in [5.74, 6) is 0. The maximum atomic E-state index is 5.46. The molecule has 0 radical (unpaired) electrons. The van der Waals surface area contributed by atoms with E-state index < -0.39 is 0 Å². The molecule has 2 aliphatic heterocycles. The van der Waals surface area contributed by atoms with E-state index in [1.165, 1.54) is 35.3 Å². The Hall–Kier alpha value is -1.85. The average Bonchev–Trinajstić information content (AvgIpc) is 3.12. The second-order valence-electron chi connectivity index (χ2n) is 7.32. The largest absolute Gasteiger partial charge is 0.379 e. The van der Waals surface area contributed by atoms with Crippen LogP contribution in [0.2, 0.25) is 0 Å². The molecule has 4 rings (SSSR count). The Kier molecular flexibility index (Phi) is 4.77. The molecule has 25 heavy (non-hydrogen) atoms. The summed E-state index contributed by atoms with van der Waals surface area (Å²) in [4.78, 5) is 9.30. The first-order chi connectivity index (χ1) is 12.2. The number of hydrogen-bond acceptors (Lipinski definition) is 4. The highest BCUT2D eigenvalue weighted by molar-refractivity contribution is 5.67. The van der Waals surface area contributed by atoms with Gasteiger partial charge in [-0.1, -0.05) is 6.07 Å². The Morgan fingerprint density at radius 3 is 2.88 bits per heavy atom. The topological polar surface area (TPSA) is 33.5 Å². The number of imidazole rings is 1. The molecular formula is C20H28N4O. The lowest BCUT2D eigenvalue weighted by atomic mass is 9.98. The first-order valence-electron chi connectivity index (χ1n) is 9.39. The Bertz CT molecular complexity index is 720. The van der Waals surface area contributed by atoms with E-state index in [0.29, 0.717) is 6.04 Å². The van der Waals surface area contributed by atoms with E-state index >= 15 is 0 Å². The van der Waals surface area contributed by atoms with Crippen molar-refractivity contribution in [3.63, 3.8) is 0 Å². The van der Waals surface area contributed by atoms with Gasteiger partial charge in [-0.3, -0.25) is 4.90 Å². The SMILES string of the molecule is CC(CN1CCOCC1)n1cncc1-c1ccc2c(c1)CCCN2C. The van der Waals surface area contributed by atoms with Crippen LogP contribution in [0.3, 0.4) is 0 Å². The van der Waals surface area contributed by atoms with Crippen LogP contribution in [0.5, 0.6) is 0 Å². The molecular weight excluding hydrogens is 312 g/mol. The predicted molar refractivity (Wildman–Crippen MR) is 101 cm³/mol. The summed E-state index contributed by atoms with van der Waals surface area (Å²) >= 11 is 0. The molecule has 0 saturated carbocycles. The van der Waals surface area contributed by atoms with Gasteiger partial charge in [-0.2, -0.15) is 0 Å². The summed E-state index contributed by atoms with van der Waals surface area (Å²) in [6.45, 7) is 8.23. The molecule has 5 nitrogen and oxygen atoms in total. The van der Waals surface area contributed by atoms with Gasteiger partial charge in [0.2, 0.25) is 0 Å². The number of rotatable bonds is 4. The van der Waals surface area contributed by atoms with Gasteiger partial charge in [-0.15, -0.1) is 0 Å². The number of anilines is 1. The van der Waals surface area contributed by atoms with Crippen molar-refractivity contribution >= 4 is 5.69 Å². The lowest BCUT2D eigenvalue weighted by molar-refractivity contribution is 0.0326. The molecule has 0 N–H and O–H groups in total. The lowest BCUT2D eigenvalue weighted by Gasteiger charge is -2.30. The maximum absolute atomic E-state index is 5.46. The minimum Gasteiger partial charge on any atom is -0.379 e. The number of benzene rings is 1. The van der Waals surface area contributed by atoms with Crippen LogP contribution in [0.4, 0.5) is 5.69 Å². The van der Waals surface area contributed by atoms with E-state index in [1.807, 2.05) is 12.5 Å². The fourth-order valence-electron chi connectivity index (χ4n) is 4.07. The van der Waals surface area contributed by atoms with Crippen molar-refractivity contribution in [3.8, 4) is 11.3 Å². The quantitative estimate of drug-likeness (QED) is 0.857. The van der Waals surface area contributed by atoms with E-state index in [2.05, 4.69) is 51.5 Å². The first kappa shape index (κ1) is 16.6. The summed E-state index contributed by atoms with van der Waals surface area (Å²) < 4.78 is 7.78. The summed E-state index contributed by atoms with van der Waals surface area (Å²) in [5, 5.41) is 0. The molecule has 1 aromatic carbocycles. The van der Waals surface area contributed by atoms with Crippen molar-refractivity contribution in [1.82, 2.24) is 14.5 Å². The second-order valence-corrected chi connectivity index (χ2v) is 7.32. The van der Waals surface area contributed by atoms with Gasteiger partial charge >= 0.3 is 0 Å². The summed E-state index contributed by atoms with van der Waals surface area (Å²) in [6.07, 6.45) is 6.39. The smallest absolute Gasteiger partial charge is 0.0953 e. The van der Waals surface area contributed by atoms with Crippen molar-refractivity contribution in [1.29, 1.82) is 0 Å². The molecule has 2 aromatic rings. The Morgan fingerprint density at radius 2 is 2.04 bits per heavy atom. The fourth-order valence-corrected chi connectivity index (χ4v) is 4.07. The molecule has 134 valence electrons. The van der Waals surface area contributed by atoms with Crippen LogP contribution in [0.1, 0.15) is 24.9 Å². The third kappa shape index (κ3) is 3.44. The van der Waals surface area contributed by atoms with Gasteiger partial charge in [0.15, 0.2) is 0 Å². The van der Waals surface area contributed by atoms with Crippen molar-refractivity contribution < 1.29 is 4.74 Å². The Labute approximate surface area is 150 Å². The normalized spacial score (nSPS) is 19.7. The van der Waals surface area contributed by atoms with Crippen molar-refractivity contribution in [2.45, 2.75) is 25.8 Å². The highest BCUT2D eigenvalue weighted by atomic mass is 16.5. The van der Waals surface area contributed by atoms with E-state index in [-0.39, 0.29) is 0 Å². The highest BCUT2D eigenvalue weighted by Crippen LogP contribution is 2.31. The molecule has 5 heteroatoms. The number of aromatic nitrogens is 2. The van der Waals surface area contributed by atoms with Gasteiger partial charge in [0, 0.05) is 50.5 Å². The van der Waals surface area contributed by atoms with Crippen molar-refractivity contribution in [2.75, 3.05) is 51.3 Å². The van der Waals surface area contributed by atoms with Crippen LogP contribution < -0.4 is 4.90 Å². The molecule has 2 aliphatic rings. The molecule has 1 aromatic heterocycles. The van der Waals surface area contributed by atoms with Crippen molar-refractivity contribution in [3.05, 3.63) is 36.3 Å². The summed E-state index contributed by atoms with van der Waals surface area (Å²) in [6, 6.07) is 7.28. The minimum atomic E-state index is 0.398. The van der Waals surface area contributed by atoms with Crippen LogP contribution in [0.25, 0.3) is 11.3 Å². The highest BCUT2D eigenvalue weighted by Gasteiger charge is 2.19. The van der Waals surface area contributed by atoms with E-state index in [0.717, 1.165) is 39.4 Å². The molecule has 1 atom stereocenters. The maximum Gasteiger partial charge on any atom is 0.0953 e. The van der Waals surface area contributed by atoms with Crippen LogP contribution in [-0.4, -0.2) is 60.9 Å². The zero-order valence-electron chi connectivity index (χ0n) is 15.3. The monoisotopic (exact) mass is 340 g/mol. The number of aryl methyl sites for hydroxylation is 1. The van der Waals surface area contributed by atoms with Crippen LogP contribution in [0.15, 0.2) is 30.7 Å². The number of fused-ring (bicyclic) bond motifs is 1. The van der Waals surface area contributed by atoms with E-state index in [1.54, 1.807) is 0 Å². The molecule has 0 amide bonds. The summed E-state index contributed by atoms with van der Waals surface area (Å²) in [7, 11) is 2.19. The van der Waals surface area contributed by atoms with Gasteiger partial charge in [-0.05, 0) is 37.5 Å². The van der Waals surface area contributed by atoms with Gasteiger partial charge in [-0.25, -0.2) is 4.98 Å². The van der Waals surface area contributed by atoms with Gasteiger partial charge in [0.05, 0.1) is 31.4 Å². The molecule has 0 aliphatic carbocycles. The second kappa shape index (κ2) is 7.18. The van der Waals surface area contributed by atoms with Crippen LogP contribution in [-0.2, 0) is 11.2 Å². The standard InChI is InChI=1S/C20H28N4O/c1-16(14-23-8-10-25-11-9-23)24-15-21-13-20(24)18-5-6-19-17(12-18)4-3-7-22(19)2/h5-6,12-13,15-16H,3-4,7-11,14H2,1-2H3. The number of hydrogen-bond donors (Lipinski definition) is 0. The Morgan fingerprint density at radius 1 is 1.20 bits per heavy atom. The third-order valence-electron chi connectivity index (χ3n) is 5.49. The molecule has 0 bridgehead atoms. The van der Waals surface area contributed by atoms with Crippen molar-refractivity contribution in [2.24, 2.45) is 0 Å². The molecule has 1 unspecified atom stereocenters. The molecule has 1 fully saturated rings. The van der Waals surface area contributed by atoms with Crippen LogP contribution >= 0.6 is 0 Å². The van der Waals surface area contributed by atoms with E-state index in [4.69, 9.17) is 4.74 Å². The van der Waals surface area contributed by atoms with E-state index in [9.17, 15) is 0 Å². The van der Waals surface area contributed by atoms with Gasteiger partial charge in [0.1, 0.15) is 0 Å². The Balaban J connectivity index is 1.56.